The Bertz CT molecular complexity index is 2250. The predicted octanol–water partition coefficient (Wildman–Crippen LogP) is 7.37. The van der Waals surface area contributed by atoms with Crippen LogP contribution in [0.5, 0.6) is 11.5 Å². The van der Waals surface area contributed by atoms with E-state index in [0.29, 0.717) is 34.0 Å². The van der Waals surface area contributed by atoms with Crippen molar-refractivity contribution < 1.29 is 42.2 Å². The molecule has 1 saturated carbocycles. The molecule has 0 bridgehead atoms. The van der Waals surface area contributed by atoms with Crippen molar-refractivity contribution >= 4 is 64.0 Å². The van der Waals surface area contributed by atoms with Crippen LogP contribution in [0.4, 0.5) is 19.0 Å². The summed E-state index contributed by atoms with van der Waals surface area (Å²) in [5.41, 5.74) is 1.18. The molecule has 4 amide bonds. The van der Waals surface area contributed by atoms with E-state index in [1.165, 1.54) is 35.5 Å². The third kappa shape index (κ3) is 5.48. The molecule has 2 aliphatic carbocycles. The summed E-state index contributed by atoms with van der Waals surface area (Å²) in [6.45, 7) is 0.105. The fourth-order valence-corrected chi connectivity index (χ4v) is 9.85. The third-order valence-corrected chi connectivity index (χ3v) is 12.5. The van der Waals surface area contributed by atoms with Gasteiger partial charge in [-0.05, 0) is 71.7 Å². The Morgan fingerprint density at radius 2 is 1.78 bits per heavy atom. The Morgan fingerprint density at radius 1 is 1.02 bits per heavy atom. The lowest BCUT2D eigenvalue weighted by Gasteiger charge is -2.50. The number of anilines is 1. The zero-order valence-electron chi connectivity index (χ0n) is 28.1. The molecule has 0 unspecified atom stereocenters. The molecule has 2 N–H and O–H groups in total. The molecule has 2 saturated heterocycles. The molecule has 3 fully saturated rings. The van der Waals surface area contributed by atoms with Crippen LogP contribution in [0.15, 0.2) is 83.9 Å². The number of thiophene rings is 1. The number of phenols is 1. The minimum atomic E-state index is -4.75. The first-order chi connectivity index (χ1) is 25.7. The number of benzene rings is 2. The van der Waals surface area contributed by atoms with Gasteiger partial charge in [0.1, 0.15) is 0 Å². The summed E-state index contributed by atoms with van der Waals surface area (Å²) in [4.78, 5) is 64.1. The maximum absolute atomic E-state index is 15.3. The number of carbonyl (C=O) groups is 4. The van der Waals surface area contributed by atoms with E-state index >= 15 is 4.79 Å². The number of nitrogens with zero attached hydrogens (tertiary/aromatic N) is 3. The summed E-state index contributed by atoms with van der Waals surface area (Å²) >= 11 is 14.0. The van der Waals surface area contributed by atoms with Crippen molar-refractivity contribution in [1.82, 2.24) is 14.9 Å². The number of likely N-dealkylation sites (tertiary alicyclic amines) is 1. The number of methoxy groups -OCH3 is 1. The number of ether oxygens (including phenoxy) is 1. The van der Waals surface area contributed by atoms with Crippen LogP contribution in [0.25, 0.3) is 0 Å². The number of hydrazine groups is 1. The Kier molecular flexibility index (Phi) is 8.77. The number of hydrogen-bond donors (Lipinski definition) is 2. The Balaban J connectivity index is 1.30. The maximum atomic E-state index is 15.3. The summed E-state index contributed by atoms with van der Waals surface area (Å²) in [6.07, 6.45) is -2.18. The van der Waals surface area contributed by atoms with Crippen molar-refractivity contribution in [2.75, 3.05) is 12.5 Å². The summed E-state index contributed by atoms with van der Waals surface area (Å²) < 4.78 is 45.7. The zero-order chi connectivity index (χ0) is 38.3. The zero-order valence-corrected chi connectivity index (χ0v) is 30.5. The topological polar surface area (TPSA) is 129 Å². The lowest BCUT2D eigenvalue weighted by atomic mass is 9.49. The second kappa shape index (κ2) is 13.1. The quantitative estimate of drug-likeness (QED) is 0.147. The van der Waals surface area contributed by atoms with Crippen LogP contribution < -0.4 is 10.2 Å². The summed E-state index contributed by atoms with van der Waals surface area (Å²) in [5.74, 6) is -7.07. The Labute approximate surface area is 320 Å². The van der Waals surface area contributed by atoms with Gasteiger partial charge in [-0.15, -0.1) is 11.3 Å². The van der Waals surface area contributed by atoms with Crippen LogP contribution in [0.1, 0.15) is 40.3 Å². The predicted molar refractivity (Wildman–Crippen MR) is 191 cm³/mol. The number of rotatable bonds is 7. The molecule has 8 rings (SSSR count). The molecular weight excluding hydrogens is 768 g/mol. The van der Waals surface area contributed by atoms with Gasteiger partial charge < -0.3 is 9.84 Å². The highest BCUT2D eigenvalue weighted by Crippen LogP contribution is 2.64. The van der Waals surface area contributed by atoms with Crippen molar-refractivity contribution in [3.8, 4) is 11.5 Å². The van der Waals surface area contributed by atoms with Gasteiger partial charge in [0, 0.05) is 22.0 Å². The van der Waals surface area contributed by atoms with Crippen molar-refractivity contribution in [2.45, 2.75) is 36.9 Å². The number of carbonyl (C=O) groups excluding carboxylic acids is 4. The number of phenolic OH excluding ortho intramolecular Hbond substituents is 1. The standard InChI is InChI=1S/C38H29Cl2F3N4O6S/c1-53-29-11-4-18(13-28(29)48)31-23-9-10-24-30(35(51)46(33(24)49)17-22-3-2-12-54-22)25(23)15-26-34(50)47(36(52)37(26,31)19-5-7-21(39)8-6-19)45-32-27(40)14-20(16-44-32)38(41,42)43/h2-9,11-14,16,24-26,30-31,48H,10,15,17H2,1H3,(H,44,45)/t24-,25+,26-,30-,31-,37+/m0/s1. The number of allylic oxidation sites excluding steroid dienone is 2. The molecule has 0 radical (unpaired) electrons. The molecule has 4 aliphatic rings. The first-order valence-electron chi connectivity index (χ1n) is 16.8. The number of imide groups is 2. The summed E-state index contributed by atoms with van der Waals surface area (Å²) in [5, 5.41) is 13.5. The molecule has 6 atom stereocenters. The van der Waals surface area contributed by atoms with Gasteiger partial charge in [-0.2, -0.15) is 18.2 Å². The number of aromatic nitrogens is 1. The van der Waals surface area contributed by atoms with Crippen LogP contribution in [0.2, 0.25) is 10.0 Å². The van der Waals surface area contributed by atoms with Gasteiger partial charge in [0.2, 0.25) is 11.8 Å². The molecule has 10 nitrogen and oxygen atoms in total. The number of hydrogen-bond acceptors (Lipinski definition) is 9. The molecule has 0 spiro atoms. The van der Waals surface area contributed by atoms with Crippen molar-refractivity contribution in [2.24, 2.45) is 23.7 Å². The highest BCUT2D eigenvalue weighted by atomic mass is 35.5. The number of pyridine rings is 1. The lowest BCUT2D eigenvalue weighted by Crippen LogP contribution is -2.53. The minimum Gasteiger partial charge on any atom is -0.504 e. The molecule has 2 aliphatic heterocycles. The van der Waals surface area contributed by atoms with E-state index in [1.807, 2.05) is 23.6 Å². The van der Waals surface area contributed by atoms with Crippen LogP contribution in [-0.4, -0.2) is 50.7 Å². The summed E-state index contributed by atoms with van der Waals surface area (Å²) in [7, 11) is 1.38. The minimum absolute atomic E-state index is 0.0307. The molecule has 2 aromatic carbocycles. The molecule has 16 heteroatoms. The molecule has 4 heterocycles. The average Bonchev–Trinajstić information content (AvgIpc) is 3.80. The van der Waals surface area contributed by atoms with E-state index < -0.39 is 63.6 Å². The molecule has 54 heavy (non-hydrogen) atoms. The van der Waals surface area contributed by atoms with E-state index in [-0.39, 0.29) is 48.5 Å². The van der Waals surface area contributed by atoms with Crippen LogP contribution in [0, 0.1) is 23.7 Å². The second-order valence-electron chi connectivity index (χ2n) is 13.7. The van der Waals surface area contributed by atoms with Gasteiger partial charge in [0.05, 0.1) is 47.4 Å². The van der Waals surface area contributed by atoms with Gasteiger partial charge in [-0.1, -0.05) is 59.1 Å². The number of amides is 4. The molecule has 2 aromatic heterocycles. The van der Waals surface area contributed by atoms with Crippen molar-refractivity contribution in [1.29, 1.82) is 0 Å². The number of fused-ring (bicyclic) bond motifs is 4. The van der Waals surface area contributed by atoms with Crippen LogP contribution in [-0.2, 0) is 37.3 Å². The maximum Gasteiger partial charge on any atom is 0.417 e. The SMILES string of the molecule is COc1ccc([C@H]2C3=CC[C@@H]4C(=O)N(Cc5cccs5)C(=O)[C@@H]4[C@@H]3C[C@H]3C(=O)N(Nc4ncc(C(F)(F)F)cc4Cl)C(=O)[C@@]23c2ccc(Cl)cc2)cc1O. The number of aromatic hydroxyl groups is 1. The lowest BCUT2D eigenvalue weighted by molar-refractivity contribution is -0.142. The second-order valence-corrected chi connectivity index (χ2v) is 15.6. The highest BCUT2D eigenvalue weighted by molar-refractivity contribution is 7.09. The molecular formula is C38H29Cl2F3N4O6S. The van der Waals surface area contributed by atoms with Gasteiger partial charge in [-0.25, -0.2) is 4.98 Å². The number of nitrogens with one attached hydrogen (secondary N) is 1. The fraction of sp³-hybridized carbons (Fsp3) is 0.289. The van der Waals surface area contributed by atoms with Crippen LogP contribution in [0.3, 0.4) is 0 Å². The van der Waals surface area contributed by atoms with E-state index in [1.54, 1.807) is 30.3 Å². The smallest absolute Gasteiger partial charge is 0.417 e. The Hall–Kier alpha value is -4.92. The molecule has 278 valence electrons. The first kappa shape index (κ1) is 36.1. The van der Waals surface area contributed by atoms with Gasteiger partial charge in [0.25, 0.3) is 11.8 Å². The third-order valence-electron chi connectivity index (χ3n) is 11.1. The highest BCUT2D eigenvalue weighted by Gasteiger charge is 2.70. The van der Waals surface area contributed by atoms with Crippen molar-refractivity contribution in [3.05, 3.63) is 116 Å². The normalized spacial score (nSPS) is 26.4. The van der Waals surface area contributed by atoms with Gasteiger partial charge in [-0.3, -0.25) is 29.5 Å². The van der Waals surface area contributed by atoms with E-state index in [2.05, 4.69) is 10.4 Å². The van der Waals surface area contributed by atoms with Gasteiger partial charge >= 0.3 is 6.18 Å². The number of alkyl halides is 3. The first-order valence-corrected chi connectivity index (χ1v) is 18.5. The van der Waals surface area contributed by atoms with E-state index in [4.69, 9.17) is 27.9 Å². The largest absolute Gasteiger partial charge is 0.504 e. The average molecular weight is 798 g/mol. The monoisotopic (exact) mass is 796 g/mol. The van der Waals surface area contributed by atoms with E-state index in [9.17, 15) is 32.7 Å². The van der Waals surface area contributed by atoms with Crippen LogP contribution >= 0.6 is 34.5 Å². The van der Waals surface area contributed by atoms with Gasteiger partial charge in [0.15, 0.2) is 17.3 Å². The Morgan fingerprint density at radius 3 is 2.43 bits per heavy atom. The summed E-state index contributed by atoms with van der Waals surface area (Å²) in [6, 6.07) is 15.4. The fourth-order valence-electron chi connectivity index (χ4n) is 8.82. The van der Waals surface area contributed by atoms with E-state index in [0.717, 1.165) is 9.89 Å². The molecule has 4 aromatic rings. The van der Waals surface area contributed by atoms with Crippen molar-refractivity contribution in [3.63, 3.8) is 0 Å². The number of halogens is 5.